The number of rotatable bonds is 5. The number of benzene rings is 1. The molecule has 0 unspecified atom stereocenters. The summed E-state index contributed by atoms with van der Waals surface area (Å²) >= 11 is 0. The lowest BCUT2D eigenvalue weighted by molar-refractivity contribution is 0.0933. The van der Waals surface area contributed by atoms with Gasteiger partial charge in [0.2, 0.25) is 0 Å². The van der Waals surface area contributed by atoms with Crippen LogP contribution in [0.3, 0.4) is 0 Å². The number of piperazine rings is 1. The molecule has 0 atom stereocenters. The minimum atomic E-state index is -0.175. The number of carbonyl (C=O) groups is 2. The minimum absolute atomic E-state index is 0. The van der Waals surface area contributed by atoms with E-state index in [0.29, 0.717) is 17.7 Å². The third kappa shape index (κ3) is 5.12. The quantitative estimate of drug-likeness (QED) is 0.795. The van der Waals surface area contributed by atoms with Gasteiger partial charge in [-0.05, 0) is 13.0 Å². The number of ketones is 1. The molecule has 1 heterocycles. The second-order valence-electron chi connectivity index (χ2n) is 4.95. The first-order valence-electron chi connectivity index (χ1n) is 6.99. The average molecular weight is 312 g/mol. The highest BCUT2D eigenvalue weighted by atomic mass is 35.5. The molecule has 21 heavy (non-hydrogen) atoms. The van der Waals surface area contributed by atoms with Gasteiger partial charge in [0, 0.05) is 44.8 Å². The van der Waals surface area contributed by atoms with E-state index >= 15 is 0 Å². The van der Waals surface area contributed by atoms with E-state index in [1.165, 1.54) is 6.92 Å². The molecule has 0 aliphatic carbocycles. The van der Waals surface area contributed by atoms with Crippen molar-refractivity contribution in [3.63, 3.8) is 0 Å². The molecule has 1 aliphatic rings. The Balaban J connectivity index is 0.00000220. The van der Waals surface area contributed by atoms with Gasteiger partial charge in [0.15, 0.2) is 5.78 Å². The summed E-state index contributed by atoms with van der Waals surface area (Å²) in [7, 11) is 0. The average Bonchev–Trinajstić information content (AvgIpc) is 2.48. The highest BCUT2D eigenvalue weighted by molar-refractivity contribution is 6.07. The van der Waals surface area contributed by atoms with Crippen molar-refractivity contribution in [2.45, 2.75) is 6.92 Å². The van der Waals surface area contributed by atoms with Gasteiger partial charge in [-0.3, -0.25) is 14.5 Å². The van der Waals surface area contributed by atoms with Crippen LogP contribution < -0.4 is 10.6 Å². The van der Waals surface area contributed by atoms with Crippen LogP contribution in [0.25, 0.3) is 0 Å². The molecule has 1 aliphatic heterocycles. The Morgan fingerprint density at radius 3 is 2.43 bits per heavy atom. The molecule has 1 fully saturated rings. The Morgan fingerprint density at radius 1 is 1.19 bits per heavy atom. The molecule has 0 saturated carbocycles. The number of amides is 1. The summed E-state index contributed by atoms with van der Waals surface area (Å²) in [5.74, 6) is -0.260. The summed E-state index contributed by atoms with van der Waals surface area (Å²) in [5.41, 5.74) is 0.937. The number of carbonyl (C=O) groups excluding carboxylic acids is 2. The number of halogens is 1. The zero-order valence-electron chi connectivity index (χ0n) is 12.2. The monoisotopic (exact) mass is 311 g/mol. The van der Waals surface area contributed by atoms with Gasteiger partial charge in [-0.2, -0.15) is 0 Å². The van der Waals surface area contributed by atoms with Crippen molar-refractivity contribution < 1.29 is 9.59 Å². The van der Waals surface area contributed by atoms with Crippen LogP contribution in [0.1, 0.15) is 27.6 Å². The number of Topliss-reactive ketones (excluding diaryl/α,β-unsaturated/α-hetero) is 1. The molecular weight excluding hydrogens is 290 g/mol. The summed E-state index contributed by atoms with van der Waals surface area (Å²) in [6.45, 7) is 6.95. The van der Waals surface area contributed by atoms with E-state index in [9.17, 15) is 9.59 Å². The second-order valence-corrected chi connectivity index (χ2v) is 4.95. The Morgan fingerprint density at radius 2 is 1.81 bits per heavy atom. The van der Waals surface area contributed by atoms with Gasteiger partial charge >= 0.3 is 0 Å². The lowest BCUT2D eigenvalue weighted by atomic mass is 10.0. The molecule has 116 valence electrons. The van der Waals surface area contributed by atoms with Crippen LogP contribution in [0.5, 0.6) is 0 Å². The number of hydrogen-bond acceptors (Lipinski definition) is 4. The lowest BCUT2D eigenvalue weighted by Gasteiger charge is -2.27. The first-order valence-corrected chi connectivity index (χ1v) is 6.99. The van der Waals surface area contributed by atoms with E-state index in [1.54, 1.807) is 24.3 Å². The fourth-order valence-corrected chi connectivity index (χ4v) is 2.35. The van der Waals surface area contributed by atoms with Crippen molar-refractivity contribution in [2.24, 2.45) is 0 Å². The zero-order chi connectivity index (χ0) is 14.4. The summed E-state index contributed by atoms with van der Waals surface area (Å²) in [5, 5.41) is 6.18. The summed E-state index contributed by atoms with van der Waals surface area (Å²) in [6.07, 6.45) is 0. The van der Waals surface area contributed by atoms with Gasteiger partial charge in [0.25, 0.3) is 5.91 Å². The van der Waals surface area contributed by atoms with E-state index < -0.39 is 0 Å². The largest absolute Gasteiger partial charge is 0.351 e. The second kappa shape index (κ2) is 8.77. The topological polar surface area (TPSA) is 61.4 Å². The highest BCUT2D eigenvalue weighted by Gasteiger charge is 2.14. The van der Waals surface area contributed by atoms with E-state index in [-0.39, 0.29) is 24.1 Å². The molecular formula is C15H22ClN3O2. The maximum Gasteiger partial charge on any atom is 0.252 e. The number of nitrogens with one attached hydrogen (secondary N) is 2. The minimum Gasteiger partial charge on any atom is -0.351 e. The Labute approximate surface area is 131 Å². The van der Waals surface area contributed by atoms with Crippen molar-refractivity contribution in [3.8, 4) is 0 Å². The first-order chi connectivity index (χ1) is 9.68. The fraction of sp³-hybridized carbons (Fsp3) is 0.467. The van der Waals surface area contributed by atoms with Crippen molar-refractivity contribution >= 4 is 24.1 Å². The molecule has 1 aromatic carbocycles. The van der Waals surface area contributed by atoms with Gasteiger partial charge < -0.3 is 10.6 Å². The Kier molecular flexibility index (Phi) is 7.36. The summed E-state index contributed by atoms with van der Waals surface area (Å²) in [4.78, 5) is 25.9. The highest BCUT2D eigenvalue weighted by Crippen LogP contribution is 2.09. The van der Waals surface area contributed by atoms with Crippen LogP contribution in [0, 0.1) is 0 Å². The van der Waals surface area contributed by atoms with Crippen molar-refractivity contribution in [2.75, 3.05) is 39.3 Å². The zero-order valence-corrected chi connectivity index (χ0v) is 13.0. The van der Waals surface area contributed by atoms with Gasteiger partial charge in [-0.25, -0.2) is 0 Å². The molecule has 6 heteroatoms. The van der Waals surface area contributed by atoms with Crippen LogP contribution >= 0.6 is 12.4 Å². The Hall–Kier alpha value is -1.43. The fourth-order valence-electron chi connectivity index (χ4n) is 2.35. The van der Waals surface area contributed by atoms with Crippen LogP contribution in [0.4, 0.5) is 0 Å². The molecule has 1 saturated heterocycles. The smallest absolute Gasteiger partial charge is 0.252 e. The number of nitrogens with zero attached hydrogens (tertiary/aromatic N) is 1. The Bertz CT molecular complexity index is 488. The van der Waals surface area contributed by atoms with Gasteiger partial charge in [0.1, 0.15) is 0 Å². The molecule has 1 aromatic rings. The maximum atomic E-state index is 12.1. The van der Waals surface area contributed by atoms with Crippen molar-refractivity contribution in [3.05, 3.63) is 35.4 Å². The van der Waals surface area contributed by atoms with Crippen LogP contribution in [-0.4, -0.2) is 55.9 Å². The summed E-state index contributed by atoms with van der Waals surface area (Å²) < 4.78 is 0. The van der Waals surface area contributed by atoms with Gasteiger partial charge in [-0.15, -0.1) is 12.4 Å². The van der Waals surface area contributed by atoms with Gasteiger partial charge in [-0.1, -0.05) is 18.2 Å². The maximum absolute atomic E-state index is 12.1. The van der Waals surface area contributed by atoms with Crippen molar-refractivity contribution in [1.29, 1.82) is 0 Å². The third-order valence-electron chi connectivity index (χ3n) is 3.47. The predicted molar refractivity (Wildman–Crippen MR) is 85.3 cm³/mol. The molecule has 0 aromatic heterocycles. The SMILES string of the molecule is CC(=O)c1ccccc1C(=O)NCCN1CCNCC1.Cl. The molecule has 2 rings (SSSR count). The first kappa shape index (κ1) is 17.6. The van der Waals surface area contributed by atoms with Crippen molar-refractivity contribution in [1.82, 2.24) is 15.5 Å². The molecule has 5 nitrogen and oxygen atoms in total. The molecule has 0 radical (unpaired) electrons. The van der Waals surface area contributed by atoms with E-state index in [1.807, 2.05) is 0 Å². The molecule has 1 amide bonds. The van der Waals surface area contributed by atoms with E-state index in [2.05, 4.69) is 15.5 Å². The lowest BCUT2D eigenvalue weighted by Crippen LogP contribution is -2.46. The third-order valence-corrected chi connectivity index (χ3v) is 3.47. The number of hydrogen-bond donors (Lipinski definition) is 2. The van der Waals surface area contributed by atoms with E-state index in [0.717, 1.165) is 32.7 Å². The standard InChI is InChI=1S/C15H21N3O2.ClH/c1-12(19)13-4-2-3-5-14(13)15(20)17-8-11-18-9-6-16-7-10-18;/h2-5,16H,6-11H2,1H3,(H,17,20);1H. The van der Waals surface area contributed by atoms with Gasteiger partial charge in [0.05, 0.1) is 5.56 Å². The van der Waals surface area contributed by atoms with Crippen LogP contribution in [-0.2, 0) is 0 Å². The van der Waals surface area contributed by atoms with Crippen LogP contribution in [0.2, 0.25) is 0 Å². The van der Waals surface area contributed by atoms with E-state index in [4.69, 9.17) is 0 Å². The molecule has 0 spiro atoms. The van der Waals surface area contributed by atoms with Crippen LogP contribution in [0.15, 0.2) is 24.3 Å². The molecule has 0 bridgehead atoms. The normalized spacial score (nSPS) is 15.1. The summed E-state index contributed by atoms with van der Waals surface area (Å²) in [6, 6.07) is 6.93. The predicted octanol–water partition coefficient (Wildman–Crippen LogP) is 0.946. The molecule has 2 N–H and O–H groups in total.